The van der Waals surface area contributed by atoms with Crippen molar-refractivity contribution < 1.29 is 19.1 Å². The van der Waals surface area contributed by atoms with Gasteiger partial charge in [0.15, 0.2) is 5.78 Å². The van der Waals surface area contributed by atoms with Gasteiger partial charge in [0.2, 0.25) is 0 Å². The second kappa shape index (κ2) is 9.43. The van der Waals surface area contributed by atoms with Crippen molar-refractivity contribution in [2.75, 3.05) is 25.6 Å². The van der Waals surface area contributed by atoms with Crippen molar-refractivity contribution in [2.45, 2.75) is 13.3 Å². The van der Waals surface area contributed by atoms with Gasteiger partial charge in [0, 0.05) is 43.3 Å². The molecule has 0 fully saturated rings. The average molecular weight is 355 g/mol. The van der Waals surface area contributed by atoms with E-state index in [1.165, 1.54) is 19.2 Å². The maximum Gasteiger partial charge on any atom is 0.274 e. The van der Waals surface area contributed by atoms with Gasteiger partial charge in [-0.15, -0.1) is 0 Å². The number of nitrogens with one attached hydrogen (secondary N) is 2. The van der Waals surface area contributed by atoms with E-state index in [1.807, 2.05) is 0 Å². The highest BCUT2D eigenvalue weighted by molar-refractivity contribution is 6.05. The first kappa shape index (κ1) is 19.3. The molecule has 2 rings (SSSR count). The molecular weight excluding hydrogens is 334 g/mol. The first-order valence-electron chi connectivity index (χ1n) is 8.17. The van der Waals surface area contributed by atoms with Gasteiger partial charge < -0.3 is 15.4 Å². The van der Waals surface area contributed by atoms with E-state index in [2.05, 4.69) is 15.6 Å². The zero-order valence-electron chi connectivity index (χ0n) is 14.7. The summed E-state index contributed by atoms with van der Waals surface area (Å²) in [7, 11) is 1.60. The monoisotopic (exact) mass is 355 g/mol. The molecule has 2 amide bonds. The number of rotatable bonds is 8. The lowest BCUT2D eigenvalue weighted by atomic mass is 10.1. The van der Waals surface area contributed by atoms with Crippen LogP contribution in [0.1, 0.15) is 44.5 Å². The summed E-state index contributed by atoms with van der Waals surface area (Å²) in [5.41, 5.74) is 1.45. The summed E-state index contributed by atoms with van der Waals surface area (Å²) < 4.78 is 4.92. The van der Waals surface area contributed by atoms with Crippen LogP contribution >= 0.6 is 0 Å². The van der Waals surface area contributed by atoms with Crippen LogP contribution in [0.25, 0.3) is 0 Å². The highest BCUT2D eigenvalue weighted by Gasteiger charge is 2.12. The van der Waals surface area contributed by atoms with E-state index >= 15 is 0 Å². The van der Waals surface area contributed by atoms with Gasteiger partial charge in [-0.3, -0.25) is 19.4 Å². The largest absolute Gasteiger partial charge is 0.385 e. The van der Waals surface area contributed by atoms with Gasteiger partial charge >= 0.3 is 0 Å². The third-order valence-electron chi connectivity index (χ3n) is 3.59. The van der Waals surface area contributed by atoms with Crippen LogP contribution in [0.5, 0.6) is 0 Å². The molecule has 0 spiro atoms. The summed E-state index contributed by atoms with van der Waals surface area (Å²) >= 11 is 0. The number of hydrogen-bond donors (Lipinski definition) is 2. The number of carbonyl (C=O) groups is 3. The van der Waals surface area contributed by atoms with Crippen LogP contribution in [-0.4, -0.2) is 42.8 Å². The summed E-state index contributed by atoms with van der Waals surface area (Å²) in [5, 5.41) is 5.43. The summed E-state index contributed by atoms with van der Waals surface area (Å²) in [4.78, 5) is 39.9. The highest BCUT2D eigenvalue weighted by Crippen LogP contribution is 2.13. The van der Waals surface area contributed by atoms with Crippen molar-refractivity contribution in [3.63, 3.8) is 0 Å². The fourth-order valence-corrected chi connectivity index (χ4v) is 2.23. The number of nitrogens with zero attached hydrogens (tertiary/aromatic N) is 1. The molecule has 1 aromatic carbocycles. The molecule has 7 nitrogen and oxygen atoms in total. The van der Waals surface area contributed by atoms with E-state index in [1.54, 1.807) is 37.4 Å². The SMILES string of the molecule is COCCCNC(=O)c1ccnc(C(=O)Nc2cccc(C(C)=O)c2)c1. The van der Waals surface area contributed by atoms with Gasteiger partial charge in [-0.1, -0.05) is 12.1 Å². The number of benzene rings is 1. The average Bonchev–Trinajstić information content (AvgIpc) is 2.65. The Bertz CT molecular complexity index is 805. The summed E-state index contributed by atoms with van der Waals surface area (Å²) in [6.45, 7) is 2.50. The lowest BCUT2D eigenvalue weighted by molar-refractivity contribution is 0.0947. The number of pyridine rings is 1. The quantitative estimate of drug-likeness (QED) is 0.559. The van der Waals surface area contributed by atoms with E-state index in [9.17, 15) is 14.4 Å². The number of carbonyl (C=O) groups excluding carboxylic acids is 3. The first-order chi connectivity index (χ1) is 12.5. The maximum absolute atomic E-state index is 12.4. The molecular formula is C19H21N3O4. The van der Waals surface area contributed by atoms with Gasteiger partial charge in [-0.05, 0) is 37.6 Å². The molecule has 0 bridgehead atoms. The number of ketones is 1. The zero-order valence-corrected chi connectivity index (χ0v) is 14.7. The van der Waals surface area contributed by atoms with E-state index in [-0.39, 0.29) is 17.4 Å². The van der Waals surface area contributed by atoms with Crippen molar-refractivity contribution in [2.24, 2.45) is 0 Å². The molecule has 2 aromatic rings. The minimum absolute atomic E-state index is 0.0913. The van der Waals surface area contributed by atoms with Crippen LogP contribution in [-0.2, 0) is 4.74 Å². The van der Waals surface area contributed by atoms with Gasteiger partial charge in [0.1, 0.15) is 5.69 Å². The summed E-state index contributed by atoms with van der Waals surface area (Å²) in [5.74, 6) is -0.831. The predicted octanol–water partition coefficient (Wildman–Crippen LogP) is 2.30. The molecule has 1 heterocycles. The zero-order chi connectivity index (χ0) is 18.9. The molecule has 0 aliphatic carbocycles. The third kappa shape index (κ3) is 5.49. The standard InChI is InChI=1S/C19H21N3O4/c1-13(23)14-5-3-6-16(11-14)22-19(25)17-12-15(7-9-20-17)18(24)21-8-4-10-26-2/h3,5-7,9,11-12H,4,8,10H2,1-2H3,(H,21,24)(H,22,25). The summed E-state index contributed by atoms with van der Waals surface area (Å²) in [6, 6.07) is 9.59. The molecule has 0 atom stereocenters. The van der Waals surface area contributed by atoms with E-state index < -0.39 is 5.91 Å². The molecule has 0 saturated carbocycles. The van der Waals surface area contributed by atoms with Crippen LogP contribution in [0, 0.1) is 0 Å². The third-order valence-corrected chi connectivity index (χ3v) is 3.59. The molecule has 26 heavy (non-hydrogen) atoms. The Hall–Kier alpha value is -3.06. The second-order valence-electron chi connectivity index (χ2n) is 5.62. The van der Waals surface area contributed by atoms with Crippen molar-refractivity contribution in [3.05, 3.63) is 59.4 Å². The Balaban J connectivity index is 2.04. The number of Topliss-reactive ketones (excluding diaryl/α,β-unsaturated/α-hetero) is 1. The smallest absolute Gasteiger partial charge is 0.274 e. The number of hydrogen-bond acceptors (Lipinski definition) is 5. The van der Waals surface area contributed by atoms with Crippen LogP contribution in [0.3, 0.4) is 0 Å². The Morgan fingerprint density at radius 2 is 1.88 bits per heavy atom. The number of ether oxygens (including phenoxy) is 1. The highest BCUT2D eigenvalue weighted by atomic mass is 16.5. The second-order valence-corrected chi connectivity index (χ2v) is 5.62. The van der Waals surface area contributed by atoms with E-state index in [0.29, 0.717) is 36.4 Å². The molecule has 0 radical (unpaired) electrons. The molecule has 0 unspecified atom stereocenters. The van der Waals surface area contributed by atoms with Crippen molar-refractivity contribution >= 4 is 23.3 Å². The Kier molecular flexibility index (Phi) is 6.99. The Labute approximate surface area is 151 Å². The number of anilines is 1. The van der Waals surface area contributed by atoms with Crippen LogP contribution in [0.15, 0.2) is 42.6 Å². The molecule has 0 aliphatic heterocycles. The van der Waals surface area contributed by atoms with Crippen LogP contribution in [0.4, 0.5) is 5.69 Å². The van der Waals surface area contributed by atoms with E-state index in [4.69, 9.17) is 4.74 Å². The molecule has 1 aromatic heterocycles. The van der Waals surface area contributed by atoms with Gasteiger partial charge in [-0.25, -0.2) is 0 Å². The van der Waals surface area contributed by atoms with E-state index in [0.717, 1.165) is 0 Å². The van der Waals surface area contributed by atoms with Gasteiger partial charge in [0.05, 0.1) is 0 Å². The number of amides is 2. The fourth-order valence-electron chi connectivity index (χ4n) is 2.23. The fraction of sp³-hybridized carbons (Fsp3) is 0.263. The topological polar surface area (TPSA) is 97.4 Å². The van der Waals surface area contributed by atoms with Gasteiger partial charge in [-0.2, -0.15) is 0 Å². The number of aromatic nitrogens is 1. The van der Waals surface area contributed by atoms with Crippen LogP contribution in [0.2, 0.25) is 0 Å². The molecule has 0 aliphatic rings. The predicted molar refractivity (Wildman–Crippen MR) is 97.5 cm³/mol. The molecule has 0 saturated heterocycles. The van der Waals surface area contributed by atoms with Crippen molar-refractivity contribution in [1.29, 1.82) is 0 Å². The van der Waals surface area contributed by atoms with Crippen molar-refractivity contribution in [1.82, 2.24) is 10.3 Å². The van der Waals surface area contributed by atoms with Crippen LogP contribution < -0.4 is 10.6 Å². The first-order valence-corrected chi connectivity index (χ1v) is 8.17. The Morgan fingerprint density at radius 3 is 2.62 bits per heavy atom. The molecule has 2 N–H and O–H groups in total. The molecule has 7 heteroatoms. The number of methoxy groups -OCH3 is 1. The lowest BCUT2D eigenvalue weighted by Gasteiger charge is -2.08. The molecule has 136 valence electrons. The summed E-state index contributed by atoms with van der Waals surface area (Å²) in [6.07, 6.45) is 2.11. The van der Waals surface area contributed by atoms with Crippen molar-refractivity contribution in [3.8, 4) is 0 Å². The van der Waals surface area contributed by atoms with Gasteiger partial charge in [0.25, 0.3) is 11.8 Å². The normalized spacial score (nSPS) is 10.2. The minimum atomic E-state index is -0.459. The lowest BCUT2D eigenvalue weighted by Crippen LogP contribution is -2.25. The Morgan fingerprint density at radius 1 is 1.08 bits per heavy atom. The maximum atomic E-state index is 12.4. The minimum Gasteiger partial charge on any atom is -0.385 e.